The number of aromatic nitrogens is 2. The van der Waals surface area contributed by atoms with Crippen LogP contribution in [0.2, 0.25) is 0 Å². The highest BCUT2D eigenvalue weighted by molar-refractivity contribution is 5.98. The van der Waals surface area contributed by atoms with Crippen molar-refractivity contribution in [2.45, 2.75) is 13.1 Å². The summed E-state index contributed by atoms with van der Waals surface area (Å²) in [5.74, 6) is -1.18. The average molecular weight is 390 g/mol. The molecule has 0 aliphatic carbocycles. The summed E-state index contributed by atoms with van der Waals surface area (Å²) in [6, 6.07) is 5.24. The van der Waals surface area contributed by atoms with Gasteiger partial charge in [-0.1, -0.05) is 0 Å². The Hall–Kier alpha value is -3.24. The summed E-state index contributed by atoms with van der Waals surface area (Å²) in [5.41, 5.74) is 4.42. The number of ether oxygens (including phenoxy) is 2. The summed E-state index contributed by atoms with van der Waals surface area (Å²) in [6.45, 7) is 1.23. The van der Waals surface area contributed by atoms with E-state index in [4.69, 9.17) is 9.47 Å². The van der Waals surface area contributed by atoms with Crippen LogP contribution in [-0.2, 0) is 22.6 Å². The van der Waals surface area contributed by atoms with E-state index in [1.54, 1.807) is 0 Å². The van der Waals surface area contributed by atoms with Crippen molar-refractivity contribution in [3.05, 3.63) is 68.5 Å². The Morgan fingerprint density at radius 2 is 1.18 bits per heavy atom. The first-order valence-corrected chi connectivity index (χ1v) is 8.46. The molecule has 0 saturated carbocycles. The van der Waals surface area contributed by atoms with Gasteiger partial charge in [0, 0.05) is 51.8 Å². The molecular formula is C18H22N4O6. The number of methoxy groups -OCH3 is 2. The summed E-state index contributed by atoms with van der Waals surface area (Å²) in [4.78, 5) is 48.0. The van der Waals surface area contributed by atoms with Crippen molar-refractivity contribution in [3.8, 4) is 0 Å². The molecule has 0 aliphatic heterocycles. The molecule has 0 fully saturated rings. The van der Waals surface area contributed by atoms with Crippen LogP contribution >= 0.6 is 0 Å². The standard InChI is InChI=1S/C18H22N4O6/c1-27-9-7-21-11-13(3-5-15(21)23)17(25)19-20-18(26)14-4-6-16(24)22(12-14)8-10-28-2/h3-6,11-12H,7-10H2,1-2H3,(H,19,25)(H,20,26). The van der Waals surface area contributed by atoms with Crippen LogP contribution in [0.25, 0.3) is 0 Å². The van der Waals surface area contributed by atoms with E-state index in [0.29, 0.717) is 26.3 Å². The van der Waals surface area contributed by atoms with Gasteiger partial charge in [0.2, 0.25) is 0 Å². The fraction of sp³-hybridized carbons (Fsp3) is 0.333. The minimum Gasteiger partial charge on any atom is -0.383 e. The van der Waals surface area contributed by atoms with Crippen LogP contribution < -0.4 is 22.0 Å². The normalized spacial score (nSPS) is 10.5. The molecule has 0 saturated heterocycles. The molecule has 0 aliphatic rings. The summed E-state index contributed by atoms with van der Waals surface area (Å²) < 4.78 is 12.5. The van der Waals surface area contributed by atoms with Crippen molar-refractivity contribution < 1.29 is 19.1 Å². The van der Waals surface area contributed by atoms with Gasteiger partial charge in [-0.25, -0.2) is 0 Å². The lowest BCUT2D eigenvalue weighted by Gasteiger charge is -2.11. The van der Waals surface area contributed by atoms with Gasteiger partial charge in [0.25, 0.3) is 22.9 Å². The zero-order valence-corrected chi connectivity index (χ0v) is 15.6. The molecule has 2 rings (SSSR count). The van der Waals surface area contributed by atoms with E-state index in [0.717, 1.165) is 0 Å². The maximum atomic E-state index is 12.2. The van der Waals surface area contributed by atoms with Gasteiger partial charge >= 0.3 is 0 Å². The SMILES string of the molecule is COCCn1cc(C(=O)NNC(=O)c2ccc(=O)n(CCOC)c2)ccc1=O. The van der Waals surface area contributed by atoms with E-state index >= 15 is 0 Å². The third-order valence-corrected chi connectivity index (χ3v) is 3.85. The Morgan fingerprint density at radius 1 is 0.786 bits per heavy atom. The zero-order chi connectivity index (χ0) is 20.5. The number of pyridine rings is 2. The fourth-order valence-electron chi connectivity index (χ4n) is 2.32. The van der Waals surface area contributed by atoms with Crippen molar-refractivity contribution in [2.24, 2.45) is 0 Å². The molecule has 0 spiro atoms. The predicted octanol–water partition coefficient (Wildman–Crippen LogP) is -0.622. The first-order chi connectivity index (χ1) is 13.5. The number of carbonyl (C=O) groups is 2. The monoisotopic (exact) mass is 390 g/mol. The van der Waals surface area contributed by atoms with E-state index in [1.165, 1.54) is 60.0 Å². The molecule has 0 bridgehead atoms. The number of hydrogen-bond acceptors (Lipinski definition) is 6. The Labute approximate surface area is 160 Å². The van der Waals surface area contributed by atoms with Crippen LogP contribution in [0.3, 0.4) is 0 Å². The van der Waals surface area contributed by atoms with Crippen LogP contribution in [0.1, 0.15) is 20.7 Å². The smallest absolute Gasteiger partial charge is 0.271 e. The minimum atomic E-state index is -0.591. The first-order valence-electron chi connectivity index (χ1n) is 8.46. The van der Waals surface area contributed by atoms with Gasteiger partial charge < -0.3 is 18.6 Å². The molecule has 10 nitrogen and oxygen atoms in total. The molecule has 28 heavy (non-hydrogen) atoms. The summed E-state index contributed by atoms with van der Waals surface area (Å²) in [7, 11) is 3.02. The molecule has 150 valence electrons. The van der Waals surface area contributed by atoms with Gasteiger partial charge in [0.05, 0.1) is 24.3 Å². The number of hydrogen-bond donors (Lipinski definition) is 2. The van der Waals surface area contributed by atoms with Gasteiger partial charge in [0.1, 0.15) is 0 Å². The number of carbonyl (C=O) groups excluding carboxylic acids is 2. The van der Waals surface area contributed by atoms with Crippen LogP contribution in [0.15, 0.2) is 46.2 Å². The van der Waals surface area contributed by atoms with E-state index in [-0.39, 0.29) is 22.2 Å². The third kappa shape index (κ3) is 5.63. The summed E-state index contributed by atoms with van der Waals surface area (Å²) >= 11 is 0. The lowest BCUT2D eigenvalue weighted by atomic mass is 10.2. The second-order valence-electron chi connectivity index (χ2n) is 5.79. The summed E-state index contributed by atoms with van der Waals surface area (Å²) in [5, 5.41) is 0. The molecule has 2 amide bonds. The van der Waals surface area contributed by atoms with E-state index < -0.39 is 11.8 Å². The minimum absolute atomic E-state index is 0.195. The molecule has 0 unspecified atom stereocenters. The molecule has 0 radical (unpaired) electrons. The summed E-state index contributed by atoms with van der Waals surface area (Å²) in [6.07, 6.45) is 2.77. The van der Waals surface area contributed by atoms with Crippen molar-refractivity contribution in [2.75, 3.05) is 27.4 Å². The van der Waals surface area contributed by atoms with E-state index in [2.05, 4.69) is 10.9 Å². The maximum absolute atomic E-state index is 12.2. The molecular weight excluding hydrogens is 368 g/mol. The Kier molecular flexibility index (Phi) is 7.66. The Balaban J connectivity index is 2.03. The van der Waals surface area contributed by atoms with Gasteiger partial charge in [-0.05, 0) is 12.1 Å². The van der Waals surface area contributed by atoms with E-state index in [9.17, 15) is 19.2 Å². The lowest BCUT2D eigenvalue weighted by molar-refractivity contribution is 0.0845. The van der Waals surface area contributed by atoms with Crippen LogP contribution in [0, 0.1) is 0 Å². The number of nitrogens with one attached hydrogen (secondary N) is 2. The quantitative estimate of drug-likeness (QED) is 0.580. The van der Waals surface area contributed by atoms with E-state index in [1.807, 2.05) is 0 Å². The topological polar surface area (TPSA) is 121 Å². The largest absolute Gasteiger partial charge is 0.383 e. The predicted molar refractivity (Wildman–Crippen MR) is 100 cm³/mol. The fourth-order valence-corrected chi connectivity index (χ4v) is 2.32. The average Bonchev–Trinajstić information content (AvgIpc) is 2.70. The molecule has 2 aromatic heterocycles. The van der Waals surface area contributed by atoms with Crippen molar-refractivity contribution >= 4 is 11.8 Å². The van der Waals surface area contributed by atoms with Crippen LogP contribution in [-0.4, -0.2) is 48.4 Å². The molecule has 2 N–H and O–H groups in total. The molecule has 0 aromatic carbocycles. The highest BCUT2D eigenvalue weighted by Crippen LogP contribution is 1.98. The zero-order valence-electron chi connectivity index (χ0n) is 15.6. The Bertz CT molecular complexity index is 872. The number of hydrazine groups is 1. The highest BCUT2D eigenvalue weighted by Gasteiger charge is 2.11. The number of nitrogens with zero attached hydrogens (tertiary/aromatic N) is 2. The number of amides is 2. The van der Waals surface area contributed by atoms with Crippen LogP contribution in [0.5, 0.6) is 0 Å². The first kappa shape index (κ1) is 21.1. The van der Waals surface area contributed by atoms with Gasteiger partial charge in [-0.2, -0.15) is 0 Å². The highest BCUT2D eigenvalue weighted by atomic mass is 16.5. The van der Waals surface area contributed by atoms with Crippen molar-refractivity contribution in [1.29, 1.82) is 0 Å². The van der Waals surface area contributed by atoms with Crippen LogP contribution in [0.4, 0.5) is 0 Å². The van der Waals surface area contributed by atoms with Gasteiger partial charge in [0.15, 0.2) is 0 Å². The molecule has 0 atom stereocenters. The lowest BCUT2D eigenvalue weighted by Crippen LogP contribution is -2.42. The van der Waals surface area contributed by atoms with Gasteiger partial charge in [-0.3, -0.25) is 30.0 Å². The van der Waals surface area contributed by atoms with Crippen molar-refractivity contribution in [1.82, 2.24) is 20.0 Å². The Morgan fingerprint density at radius 3 is 1.54 bits per heavy atom. The molecule has 2 heterocycles. The van der Waals surface area contributed by atoms with Crippen molar-refractivity contribution in [3.63, 3.8) is 0 Å². The number of rotatable bonds is 8. The second-order valence-corrected chi connectivity index (χ2v) is 5.79. The molecule has 2 aromatic rings. The third-order valence-electron chi connectivity index (χ3n) is 3.85. The van der Waals surface area contributed by atoms with Gasteiger partial charge in [-0.15, -0.1) is 0 Å². The second kappa shape index (κ2) is 10.2. The maximum Gasteiger partial charge on any atom is 0.271 e. The molecule has 10 heteroatoms.